The van der Waals surface area contributed by atoms with Gasteiger partial charge >= 0.3 is 12.1 Å². The SMILES string of the molecule is CN(C(=O)[C@@H]1CCCC[C@@H]1NC(=O)OCC1c2ccccc2-c2ccccc21)C1(C(=O)O)CC1. The molecule has 5 rings (SSSR count). The van der Waals surface area contributed by atoms with Crippen LogP contribution in [0.4, 0.5) is 4.79 Å². The molecule has 2 amide bonds. The fourth-order valence-electron chi connectivity index (χ4n) is 5.66. The predicted octanol–water partition coefficient (Wildman–Crippen LogP) is 4.16. The van der Waals surface area contributed by atoms with Crippen molar-refractivity contribution in [1.82, 2.24) is 10.2 Å². The molecule has 2 aromatic carbocycles. The van der Waals surface area contributed by atoms with Gasteiger partial charge in [0, 0.05) is 19.0 Å². The second kappa shape index (κ2) is 8.78. The Morgan fingerprint density at radius 2 is 1.59 bits per heavy atom. The topological polar surface area (TPSA) is 95.9 Å². The van der Waals surface area contributed by atoms with E-state index in [1.807, 2.05) is 24.3 Å². The van der Waals surface area contributed by atoms with E-state index in [4.69, 9.17) is 4.74 Å². The van der Waals surface area contributed by atoms with E-state index in [9.17, 15) is 19.5 Å². The minimum absolute atomic E-state index is 0.0293. The van der Waals surface area contributed by atoms with E-state index in [2.05, 4.69) is 29.6 Å². The number of hydrogen-bond donors (Lipinski definition) is 2. The number of carbonyl (C=O) groups excluding carboxylic acids is 2. The summed E-state index contributed by atoms with van der Waals surface area (Å²) < 4.78 is 5.68. The first-order chi connectivity index (χ1) is 16.4. The van der Waals surface area contributed by atoms with Crippen LogP contribution in [0.1, 0.15) is 55.6 Å². The summed E-state index contributed by atoms with van der Waals surface area (Å²) in [6, 6.07) is 16.0. The summed E-state index contributed by atoms with van der Waals surface area (Å²) in [7, 11) is 1.57. The summed E-state index contributed by atoms with van der Waals surface area (Å²) in [5, 5.41) is 12.5. The Labute approximate surface area is 199 Å². The number of hydrogen-bond acceptors (Lipinski definition) is 4. The molecule has 2 N–H and O–H groups in total. The maximum atomic E-state index is 13.2. The van der Waals surface area contributed by atoms with Gasteiger partial charge in [-0.2, -0.15) is 0 Å². The fraction of sp³-hybridized carbons (Fsp3) is 0.444. The molecule has 7 nitrogen and oxygen atoms in total. The normalized spacial score (nSPS) is 22.3. The van der Waals surface area contributed by atoms with E-state index >= 15 is 0 Å². The van der Waals surface area contributed by atoms with Crippen LogP contribution in [-0.2, 0) is 14.3 Å². The number of nitrogens with zero attached hydrogens (tertiary/aromatic N) is 1. The average molecular weight is 463 g/mol. The van der Waals surface area contributed by atoms with Crippen molar-refractivity contribution >= 4 is 18.0 Å². The number of carboxylic acid groups (broad SMARTS) is 1. The first kappa shape index (κ1) is 22.4. The molecular weight excluding hydrogens is 432 g/mol. The van der Waals surface area contributed by atoms with Crippen molar-refractivity contribution in [3.8, 4) is 11.1 Å². The zero-order valence-corrected chi connectivity index (χ0v) is 19.3. The van der Waals surface area contributed by atoms with Crippen LogP contribution in [0.5, 0.6) is 0 Å². The number of carboxylic acids is 1. The molecule has 0 bridgehead atoms. The third-order valence-corrected chi connectivity index (χ3v) is 7.82. The highest BCUT2D eigenvalue weighted by Crippen LogP contribution is 2.45. The van der Waals surface area contributed by atoms with Crippen LogP contribution in [0.15, 0.2) is 48.5 Å². The molecular formula is C27H30N2O5. The van der Waals surface area contributed by atoms with Crippen LogP contribution in [-0.4, -0.2) is 53.2 Å². The van der Waals surface area contributed by atoms with Crippen molar-refractivity contribution in [1.29, 1.82) is 0 Å². The number of amides is 2. The highest BCUT2D eigenvalue weighted by molar-refractivity contribution is 5.91. The second-order valence-electron chi connectivity index (χ2n) is 9.70. The summed E-state index contributed by atoms with van der Waals surface area (Å²) in [5.74, 6) is -1.63. The number of ether oxygens (including phenoxy) is 1. The van der Waals surface area contributed by atoms with E-state index < -0.39 is 23.5 Å². The predicted molar refractivity (Wildman–Crippen MR) is 126 cm³/mol. The highest BCUT2D eigenvalue weighted by atomic mass is 16.5. The minimum atomic E-state index is -1.08. The molecule has 0 aliphatic heterocycles. The Morgan fingerprint density at radius 1 is 1.00 bits per heavy atom. The van der Waals surface area contributed by atoms with Crippen molar-refractivity contribution in [3.63, 3.8) is 0 Å². The maximum Gasteiger partial charge on any atom is 0.407 e. The van der Waals surface area contributed by atoms with Crippen molar-refractivity contribution in [3.05, 3.63) is 59.7 Å². The smallest absolute Gasteiger partial charge is 0.407 e. The molecule has 3 aliphatic rings. The Balaban J connectivity index is 1.24. The van der Waals surface area contributed by atoms with Gasteiger partial charge in [0.15, 0.2) is 0 Å². The molecule has 0 unspecified atom stereocenters. The Morgan fingerprint density at radius 3 is 2.18 bits per heavy atom. The second-order valence-corrected chi connectivity index (χ2v) is 9.70. The lowest BCUT2D eigenvalue weighted by atomic mass is 9.83. The van der Waals surface area contributed by atoms with Crippen LogP contribution in [0.2, 0.25) is 0 Å². The van der Waals surface area contributed by atoms with E-state index in [0.29, 0.717) is 25.7 Å². The lowest BCUT2D eigenvalue weighted by Crippen LogP contribution is -2.53. The van der Waals surface area contributed by atoms with Gasteiger partial charge < -0.3 is 20.1 Å². The number of carbonyl (C=O) groups is 3. The molecule has 2 saturated carbocycles. The first-order valence-electron chi connectivity index (χ1n) is 12.0. The summed E-state index contributed by atoms with van der Waals surface area (Å²) in [4.78, 5) is 39.0. The molecule has 2 fully saturated rings. The van der Waals surface area contributed by atoms with Crippen molar-refractivity contribution in [2.24, 2.45) is 5.92 Å². The number of likely N-dealkylation sites (N-methyl/N-ethyl adjacent to an activating group) is 1. The third kappa shape index (κ3) is 3.83. The van der Waals surface area contributed by atoms with Crippen LogP contribution in [0, 0.1) is 5.92 Å². The summed E-state index contributed by atoms with van der Waals surface area (Å²) >= 11 is 0. The zero-order chi connectivity index (χ0) is 23.9. The van der Waals surface area contributed by atoms with Crippen LogP contribution >= 0.6 is 0 Å². The minimum Gasteiger partial charge on any atom is -0.479 e. The van der Waals surface area contributed by atoms with Crippen molar-refractivity contribution in [2.45, 2.75) is 56.0 Å². The zero-order valence-electron chi connectivity index (χ0n) is 19.3. The van der Waals surface area contributed by atoms with Gasteiger partial charge in [-0.1, -0.05) is 61.4 Å². The molecule has 0 aromatic heterocycles. The Kier molecular flexibility index (Phi) is 5.80. The van der Waals surface area contributed by atoms with Crippen LogP contribution in [0.25, 0.3) is 11.1 Å². The van der Waals surface area contributed by atoms with Gasteiger partial charge in [-0.25, -0.2) is 9.59 Å². The van der Waals surface area contributed by atoms with Crippen LogP contribution in [0.3, 0.4) is 0 Å². The average Bonchev–Trinajstić information content (AvgIpc) is 3.61. The Bertz CT molecular complexity index is 1080. The van der Waals surface area contributed by atoms with E-state index in [0.717, 1.165) is 24.0 Å². The number of rotatable bonds is 6. The van der Waals surface area contributed by atoms with Gasteiger partial charge in [0.05, 0.1) is 5.92 Å². The molecule has 0 spiro atoms. The quantitative estimate of drug-likeness (QED) is 0.672. The van der Waals surface area contributed by atoms with Gasteiger partial charge in [0.2, 0.25) is 5.91 Å². The lowest BCUT2D eigenvalue weighted by Gasteiger charge is -2.35. The summed E-state index contributed by atoms with van der Waals surface area (Å²) in [6.07, 6.45) is 3.51. The van der Waals surface area contributed by atoms with Crippen molar-refractivity contribution in [2.75, 3.05) is 13.7 Å². The van der Waals surface area contributed by atoms with E-state index in [-0.39, 0.29) is 24.5 Å². The number of fused-ring (bicyclic) bond motifs is 3. The summed E-state index contributed by atoms with van der Waals surface area (Å²) in [6.45, 7) is 0.215. The van der Waals surface area contributed by atoms with Crippen LogP contribution < -0.4 is 5.32 Å². The van der Waals surface area contributed by atoms with Crippen molar-refractivity contribution < 1.29 is 24.2 Å². The van der Waals surface area contributed by atoms with Gasteiger partial charge in [-0.3, -0.25) is 4.79 Å². The molecule has 178 valence electrons. The molecule has 0 saturated heterocycles. The van der Waals surface area contributed by atoms with Gasteiger partial charge in [0.25, 0.3) is 0 Å². The molecule has 3 aliphatic carbocycles. The molecule has 0 radical (unpaired) electrons. The lowest BCUT2D eigenvalue weighted by molar-refractivity contribution is -0.153. The van der Waals surface area contributed by atoms with Gasteiger partial charge in [-0.05, 0) is 47.9 Å². The molecule has 34 heavy (non-hydrogen) atoms. The molecule has 0 heterocycles. The highest BCUT2D eigenvalue weighted by Gasteiger charge is 2.56. The third-order valence-electron chi connectivity index (χ3n) is 7.82. The van der Waals surface area contributed by atoms with Gasteiger partial charge in [-0.15, -0.1) is 0 Å². The largest absolute Gasteiger partial charge is 0.479 e. The standard InChI is InChI=1S/C27H30N2O5/c1-29(27(14-15-27)25(31)32)24(30)21-12-6-7-13-23(21)28-26(33)34-16-22-19-10-4-2-8-17(19)18-9-3-5-11-20(18)22/h2-5,8-11,21-23H,6-7,12-16H2,1H3,(H,28,33)(H,31,32)/t21-,23+/m1/s1. The fourth-order valence-corrected chi connectivity index (χ4v) is 5.66. The molecule has 2 aromatic rings. The van der Waals surface area contributed by atoms with Gasteiger partial charge in [0.1, 0.15) is 12.1 Å². The number of alkyl carbamates (subject to hydrolysis) is 1. The molecule has 2 atom stereocenters. The van der Waals surface area contributed by atoms with E-state index in [1.54, 1.807) is 7.05 Å². The monoisotopic (exact) mass is 462 g/mol. The Hall–Kier alpha value is -3.35. The maximum absolute atomic E-state index is 13.2. The summed E-state index contributed by atoms with van der Waals surface area (Å²) in [5.41, 5.74) is 3.54. The number of nitrogens with one attached hydrogen (secondary N) is 1. The number of aliphatic carboxylic acids is 1. The molecule has 7 heteroatoms. The number of benzene rings is 2. The first-order valence-corrected chi connectivity index (χ1v) is 12.0. The van der Waals surface area contributed by atoms with E-state index in [1.165, 1.54) is 16.0 Å².